The zero-order chi connectivity index (χ0) is 22.4. The van der Waals surface area contributed by atoms with E-state index in [9.17, 15) is 18.8 Å². The molecule has 1 aliphatic carbocycles. The third kappa shape index (κ3) is 3.21. The molecule has 9 heteroatoms. The van der Waals surface area contributed by atoms with Gasteiger partial charge in [0.05, 0.1) is 16.6 Å². The lowest BCUT2D eigenvalue weighted by molar-refractivity contribution is 0.0432. The fourth-order valence-corrected chi connectivity index (χ4v) is 4.34. The van der Waals surface area contributed by atoms with Crippen molar-refractivity contribution in [3.8, 4) is 0 Å². The van der Waals surface area contributed by atoms with Crippen LogP contribution >= 0.6 is 0 Å². The van der Waals surface area contributed by atoms with E-state index in [1.807, 2.05) is 0 Å². The highest BCUT2D eigenvalue weighted by Gasteiger charge is 2.40. The second-order valence-electron chi connectivity index (χ2n) is 8.01. The fourth-order valence-electron chi connectivity index (χ4n) is 4.34. The van der Waals surface area contributed by atoms with Gasteiger partial charge < -0.3 is 14.0 Å². The topological polar surface area (TPSA) is 84.2 Å². The van der Waals surface area contributed by atoms with Gasteiger partial charge in [-0.25, -0.2) is 9.18 Å². The van der Waals surface area contributed by atoms with Crippen molar-refractivity contribution in [2.45, 2.75) is 0 Å². The van der Waals surface area contributed by atoms with E-state index in [-0.39, 0.29) is 40.2 Å². The maximum Gasteiger partial charge on any atom is 0.341 e. The largest absolute Gasteiger partial charge is 0.461 e. The summed E-state index contributed by atoms with van der Waals surface area (Å²) in [6, 6.07) is 5.62. The van der Waals surface area contributed by atoms with Crippen molar-refractivity contribution < 1.29 is 23.5 Å². The normalized spacial score (nSPS) is 16.8. The Hall–Kier alpha value is -3.43. The molecule has 4 heterocycles. The number of ketones is 2. The highest BCUT2D eigenvalue weighted by atomic mass is 19.1. The summed E-state index contributed by atoms with van der Waals surface area (Å²) >= 11 is 0. The molecule has 0 bridgehead atoms. The van der Waals surface area contributed by atoms with Crippen molar-refractivity contribution in [2.24, 2.45) is 0 Å². The number of halogens is 1. The lowest BCUT2D eigenvalue weighted by atomic mass is 9.89. The Kier molecular flexibility index (Phi) is 5.07. The molecule has 0 saturated carbocycles. The second kappa shape index (κ2) is 7.92. The van der Waals surface area contributed by atoms with Crippen LogP contribution in [-0.2, 0) is 4.74 Å². The van der Waals surface area contributed by atoms with Gasteiger partial charge >= 0.3 is 5.97 Å². The molecule has 1 saturated heterocycles. The number of carbonyl (C=O) groups excluding carboxylic acids is 3. The summed E-state index contributed by atoms with van der Waals surface area (Å²) in [6.45, 7) is 4.23. The molecule has 2 aliphatic rings. The quantitative estimate of drug-likeness (QED) is 0.450. The number of hydrogen-bond donors (Lipinski definition) is 0. The summed E-state index contributed by atoms with van der Waals surface area (Å²) in [4.78, 5) is 47.9. The van der Waals surface area contributed by atoms with Crippen LogP contribution in [0, 0.1) is 5.82 Å². The molecular formula is C23H21FN4O4. The number of hydrogen-bond acceptors (Lipinski definition) is 7. The van der Waals surface area contributed by atoms with Gasteiger partial charge in [-0.1, -0.05) is 0 Å². The first kappa shape index (κ1) is 20.5. The molecule has 1 fully saturated rings. The molecule has 32 heavy (non-hydrogen) atoms. The third-order valence-corrected chi connectivity index (χ3v) is 6.06. The monoisotopic (exact) mass is 436 g/mol. The van der Waals surface area contributed by atoms with Crippen molar-refractivity contribution in [2.75, 3.05) is 46.4 Å². The highest BCUT2D eigenvalue weighted by molar-refractivity contribution is 6.31. The summed E-state index contributed by atoms with van der Waals surface area (Å²) in [5, 5.41) is 0. The molecule has 0 N–H and O–H groups in total. The van der Waals surface area contributed by atoms with Gasteiger partial charge in [0.1, 0.15) is 29.4 Å². The smallest absolute Gasteiger partial charge is 0.341 e. The van der Waals surface area contributed by atoms with Crippen LogP contribution in [0.2, 0.25) is 0 Å². The Labute approximate surface area is 183 Å². The van der Waals surface area contributed by atoms with Crippen LogP contribution in [0.3, 0.4) is 0 Å². The van der Waals surface area contributed by atoms with Gasteiger partial charge in [0, 0.05) is 45.1 Å². The van der Waals surface area contributed by atoms with E-state index in [4.69, 9.17) is 4.74 Å². The van der Waals surface area contributed by atoms with Crippen molar-refractivity contribution >= 4 is 23.1 Å². The zero-order valence-corrected chi connectivity index (χ0v) is 17.5. The molecule has 0 amide bonds. The van der Waals surface area contributed by atoms with E-state index >= 15 is 0 Å². The Morgan fingerprint density at radius 2 is 1.91 bits per heavy atom. The molecule has 1 aliphatic heterocycles. The number of esters is 1. The number of likely N-dealkylation sites (N-methyl/N-ethyl adjacent to an activating group) is 1. The number of ether oxygens (including phenoxy) is 1. The molecule has 0 radical (unpaired) electrons. The lowest BCUT2D eigenvalue weighted by Crippen LogP contribution is -2.45. The summed E-state index contributed by atoms with van der Waals surface area (Å²) < 4.78 is 21.6. The first-order valence-corrected chi connectivity index (χ1v) is 10.4. The number of rotatable bonds is 4. The summed E-state index contributed by atoms with van der Waals surface area (Å²) in [7, 11) is 2.05. The number of piperazine rings is 1. The minimum Gasteiger partial charge on any atom is -0.461 e. The van der Waals surface area contributed by atoms with E-state index in [0.29, 0.717) is 6.54 Å². The van der Waals surface area contributed by atoms with Crippen LogP contribution in [-0.4, -0.2) is 83.1 Å². The van der Waals surface area contributed by atoms with Crippen LogP contribution in [0.1, 0.15) is 42.5 Å². The lowest BCUT2D eigenvalue weighted by Gasteiger charge is -2.32. The Morgan fingerprint density at radius 1 is 1.12 bits per heavy atom. The molecule has 0 spiro atoms. The number of carbonyl (C=O) groups is 3. The SMILES string of the molecule is CN1CCN(CCOC(=O)c2c3c(n4cccc(F)c24)C(=O)c2ncccc2C3=O)CC1. The molecule has 3 aromatic rings. The standard InChI is InChI=1S/C23H21FN4O4/c1-26-8-10-27(11-9-26)12-13-32-23(31)17-16-20(28-7-3-5-15(24)19(17)28)22(30)18-14(21(16)29)4-2-6-25-18/h2-7H,8-13H2,1H3. The fraction of sp³-hybridized carbons (Fsp3) is 0.304. The first-order valence-electron chi connectivity index (χ1n) is 10.4. The van der Waals surface area contributed by atoms with Crippen LogP contribution in [0.5, 0.6) is 0 Å². The predicted octanol–water partition coefficient (Wildman–Crippen LogP) is 1.65. The average molecular weight is 436 g/mol. The van der Waals surface area contributed by atoms with Crippen molar-refractivity contribution in [1.82, 2.24) is 19.2 Å². The maximum absolute atomic E-state index is 14.8. The minimum absolute atomic E-state index is 0.0105. The Morgan fingerprint density at radius 3 is 2.69 bits per heavy atom. The van der Waals surface area contributed by atoms with Crippen molar-refractivity contribution in [3.63, 3.8) is 0 Å². The van der Waals surface area contributed by atoms with Crippen LogP contribution < -0.4 is 0 Å². The second-order valence-corrected chi connectivity index (χ2v) is 8.01. The molecule has 164 valence electrons. The van der Waals surface area contributed by atoms with Crippen LogP contribution in [0.4, 0.5) is 4.39 Å². The summed E-state index contributed by atoms with van der Waals surface area (Å²) in [5.74, 6) is -2.62. The molecule has 5 rings (SSSR count). The summed E-state index contributed by atoms with van der Waals surface area (Å²) in [6.07, 6.45) is 2.87. The van der Waals surface area contributed by atoms with E-state index in [2.05, 4.69) is 21.8 Å². The molecule has 0 atom stereocenters. The number of nitrogens with zero attached hydrogens (tertiary/aromatic N) is 4. The highest BCUT2D eigenvalue weighted by Crippen LogP contribution is 2.34. The van der Waals surface area contributed by atoms with Gasteiger partial charge in [0.2, 0.25) is 5.78 Å². The van der Waals surface area contributed by atoms with E-state index < -0.39 is 23.4 Å². The van der Waals surface area contributed by atoms with Crippen LogP contribution in [0.25, 0.3) is 5.52 Å². The summed E-state index contributed by atoms with van der Waals surface area (Å²) in [5.41, 5.74) is -0.482. The van der Waals surface area contributed by atoms with Gasteiger partial charge in [-0.2, -0.15) is 0 Å². The first-order chi connectivity index (χ1) is 15.5. The van der Waals surface area contributed by atoms with Gasteiger partial charge in [-0.05, 0) is 31.3 Å². The van der Waals surface area contributed by atoms with E-state index in [1.165, 1.54) is 35.0 Å². The van der Waals surface area contributed by atoms with E-state index in [0.717, 1.165) is 26.2 Å². The predicted molar refractivity (Wildman–Crippen MR) is 113 cm³/mol. The Bertz CT molecular complexity index is 1260. The molecule has 3 aromatic heterocycles. The van der Waals surface area contributed by atoms with E-state index in [1.54, 1.807) is 6.07 Å². The number of pyridine rings is 2. The van der Waals surface area contributed by atoms with Gasteiger partial charge in [-0.15, -0.1) is 0 Å². The molecule has 8 nitrogen and oxygen atoms in total. The number of aromatic nitrogens is 2. The van der Waals surface area contributed by atoms with Gasteiger partial charge in [-0.3, -0.25) is 19.5 Å². The van der Waals surface area contributed by atoms with Gasteiger partial charge in [0.15, 0.2) is 5.78 Å². The van der Waals surface area contributed by atoms with Gasteiger partial charge in [0.25, 0.3) is 0 Å². The zero-order valence-electron chi connectivity index (χ0n) is 17.5. The molecule has 0 unspecified atom stereocenters. The third-order valence-electron chi connectivity index (χ3n) is 6.06. The average Bonchev–Trinajstić information content (AvgIpc) is 3.16. The number of fused-ring (bicyclic) bond motifs is 4. The Balaban J connectivity index is 1.51. The minimum atomic E-state index is -0.823. The molecule has 0 aromatic carbocycles. The van der Waals surface area contributed by atoms with Crippen molar-refractivity contribution in [1.29, 1.82) is 0 Å². The molecular weight excluding hydrogens is 415 g/mol. The van der Waals surface area contributed by atoms with Crippen LogP contribution in [0.15, 0.2) is 36.7 Å². The van der Waals surface area contributed by atoms with Crippen molar-refractivity contribution in [3.05, 3.63) is 70.6 Å². The maximum atomic E-state index is 14.8.